The molecule has 15 heavy (non-hydrogen) atoms. The summed E-state index contributed by atoms with van der Waals surface area (Å²) in [7, 11) is 1.49. The first kappa shape index (κ1) is 9.64. The van der Waals surface area contributed by atoms with Crippen LogP contribution < -0.4 is 14.2 Å². The molecular weight excluding hydrogens is 200 g/mol. The molecule has 2 rings (SSSR count). The van der Waals surface area contributed by atoms with Crippen molar-refractivity contribution in [3.8, 4) is 17.2 Å². The molecular formula is C10H10O5. The molecule has 1 aliphatic heterocycles. The number of rotatable bonds is 3. The van der Waals surface area contributed by atoms with Gasteiger partial charge < -0.3 is 19.3 Å². The summed E-state index contributed by atoms with van der Waals surface area (Å²) in [4.78, 5) is 10.7. The van der Waals surface area contributed by atoms with Crippen LogP contribution in [0.15, 0.2) is 12.1 Å². The Hall–Kier alpha value is -1.91. The summed E-state index contributed by atoms with van der Waals surface area (Å²) in [6.07, 6.45) is -0.143. The fraction of sp³-hybridized carbons (Fsp3) is 0.300. The predicted octanol–water partition coefficient (Wildman–Crippen LogP) is 1.05. The van der Waals surface area contributed by atoms with Gasteiger partial charge in [0.15, 0.2) is 11.5 Å². The van der Waals surface area contributed by atoms with E-state index in [1.54, 1.807) is 12.1 Å². The van der Waals surface area contributed by atoms with Crippen LogP contribution >= 0.6 is 0 Å². The van der Waals surface area contributed by atoms with Gasteiger partial charge in [-0.25, -0.2) is 0 Å². The van der Waals surface area contributed by atoms with Crippen molar-refractivity contribution >= 4 is 5.97 Å². The molecule has 5 nitrogen and oxygen atoms in total. The summed E-state index contributed by atoms with van der Waals surface area (Å²) in [6.45, 7) is 0.120. The van der Waals surface area contributed by atoms with E-state index in [1.165, 1.54) is 7.11 Å². The van der Waals surface area contributed by atoms with Crippen LogP contribution in [0.25, 0.3) is 0 Å². The summed E-state index contributed by atoms with van der Waals surface area (Å²) in [6, 6.07) is 3.37. The third-order valence-electron chi connectivity index (χ3n) is 2.15. The number of fused-ring (bicyclic) bond motifs is 1. The first-order chi connectivity index (χ1) is 7.22. The minimum atomic E-state index is -0.933. The van der Waals surface area contributed by atoms with Crippen LogP contribution in [0.5, 0.6) is 17.2 Å². The average Bonchev–Trinajstić information content (AvgIpc) is 2.65. The number of carbonyl (C=O) groups is 1. The molecule has 1 aromatic rings. The van der Waals surface area contributed by atoms with Crippen molar-refractivity contribution in [2.45, 2.75) is 6.42 Å². The lowest BCUT2D eigenvalue weighted by Gasteiger charge is -2.08. The number of benzene rings is 1. The maximum atomic E-state index is 10.7. The van der Waals surface area contributed by atoms with Gasteiger partial charge in [0, 0.05) is 0 Å². The van der Waals surface area contributed by atoms with Gasteiger partial charge in [-0.05, 0) is 12.1 Å². The number of carboxylic acids is 1. The Morgan fingerprint density at radius 1 is 1.53 bits per heavy atom. The van der Waals surface area contributed by atoms with Crippen LogP contribution in [0.4, 0.5) is 0 Å². The fourth-order valence-corrected chi connectivity index (χ4v) is 1.52. The van der Waals surface area contributed by atoms with Crippen molar-refractivity contribution in [3.05, 3.63) is 17.7 Å². The van der Waals surface area contributed by atoms with Gasteiger partial charge >= 0.3 is 5.97 Å². The highest BCUT2D eigenvalue weighted by Crippen LogP contribution is 2.40. The molecule has 0 saturated heterocycles. The maximum Gasteiger partial charge on any atom is 0.308 e. The zero-order valence-corrected chi connectivity index (χ0v) is 8.15. The fourth-order valence-electron chi connectivity index (χ4n) is 1.52. The monoisotopic (exact) mass is 210 g/mol. The molecule has 0 bridgehead atoms. The standard InChI is InChI=1S/C10H10O5/c1-13-7-2-3-8-10(15-5-14-8)6(7)4-9(11)12/h2-3H,4-5H2,1H3,(H,11,12). The van der Waals surface area contributed by atoms with Gasteiger partial charge in [-0.3, -0.25) is 4.79 Å². The highest BCUT2D eigenvalue weighted by Gasteiger charge is 2.22. The molecule has 1 aromatic carbocycles. The van der Waals surface area contributed by atoms with Crippen molar-refractivity contribution < 1.29 is 24.1 Å². The van der Waals surface area contributed by atoms with Gasteiger partial charge in [-0.2, -0.15) is 0 Å². The first-order valence-corrected chi connectivity index (χ1v) is 4.39. The van der Waals surface area contributed by atoms with Gasteiger partial charge in [-0.1, -0.05) is 0 Å². The van der Waals surface area contributed by atoms with Crippen LogP contribution in [0.2, 0.25) is 0 Å². The van der Waals surface area contributed by atoms with E-state index in [1.807, 2.05) is 0 Å². The number of hydrogen-bond donors (Lipinski definition) is 1. The normalized spacial score (nSPS) is 12.6. The van der Waals surface area contributed by atoms with E-state index in [0.717, 1.165) is 0 Å². The second-order valence-electron chi connectivity index (χ2n) is 3.05. The van der Waals surface area contributed by atoms with Crippen LogP contribution in [0, 0.1) is 0 Å². The second-order valence-corrected chi connectivity index (χ2v) is 3.05. The number of carboxylic acid groups (broad SMARTS) is 1. The topological polar surface area (TPSA) is 65.0 Å². The molecule has 1 N–H and O–H groups in total. The van der Waals surface area contributed by atoms with E-state index in [4.69, 9.17) is 19.3 Å². The summed E-state index contributed by atoms with van der Waals surface area (Å²) in [5, 5.41) is 8.77. The SMILES string of the molecule is COc1ccc2c(c1CC(=O)O)OCO2. The summed E-state index contributed by atoms with van der Waals surface area (Å²) in [5.74, 6) is 0.600. The first-order valence-electron chi connectivity index (χ1n) is 4.39. The molecule has 0 fully saturated rings. The molecule has 1 heterocycles. The Morgan fingerprint density at radius 3 is 3.00 bits per heavy atom. The van der Waals surface area contributed by atoms with E-state index < -0.39 is 5.97 Å². The van der Waals surface area contributed by atoms with Crippen molar-refractivity contribution in [2.24, 2.45) is 0 Å². The third-order valence-corrected chi connectivity index (χ3v) is 2.15. The van der Waals surface area contributed by atoms with Crippen LogP contribution in [0.1, 0.15) is 5.56 Å². The van der Waals surface area contributed by atoms with Crippen molar-refractivity contribution in [3.63, 3.8) is 0 Å². The van der Waals surface area contributed by atoms with Crippen LogP contribution in [-0.2, 0) is 11.2 Å². The smallest absolute Gasteiger partial charge is 0.308 e. The van der Waals surface area contributed by atoms with Crippen LogP contribution in [-0.4, -0.2) is 25.0 Å². The average molecular weight is 210 g/mol. The van der Waals surface area contributed by atoms with Gasteiger partial charge in [0.05, 0.1) is 19.1 Å². The zero-order valence-electron chi connectivity index (χ0n) is 8.15. The zero-order chi connectivity index (χ0) is 10.8. The molecule has 0 aliphatic carbocycles. The number of aliphatic carboxylic acids is 1. The van der Waals surface area contributed by atoms with Crippen molar-refractivity contribution in [1.29, 1.82) is 0 Å². The summed E-state index contributed by atoms with van der Waals surface area (Å²) in [5.41, 5.74) is 0.514. The Morgan fingerprint density at radius 2 is 2.33 bits per heavy atom. The van der Waals surface area contributed by atoms with Crippen molar-refractivity contribution in [2.75, 3.05) is 13.9 Å². The van der Waals surface area contributed by atoms with E-state index in [9.17, 15) is 4.79 Å². The van der Waals surface area contributed by atoms with Gasteiger partial charge in [-0.15, -0.1) is 0 Å². The van der Waals surface area contributed by atoms with Gasteiger partial charge in [0.2, 0.25) is 6.79 Å². The van der Waals surface area contributed by atoms with E-state index in [-0.39, 0.29) is 13.2 Å². The lowest BCUT2D eigenvalue weighted by atomic mass is 10.1. The molecule has 1 aliphatic rings. The second kappa shape index (κ2) is 3.68. The van der Waals surface area contributed by atoms with E-state index in [0.29, 0.717) is 22.8 Å². The minimum absolute atomic E-state index is 0.120. The lowest BCUT2D eigenvalue weighted by Crippen LogP contribution is -2.04. The molecule has 0 radical (unpaired) electrons. The van der Waals surface area contributed by atoms with Crippen LogP contribution in [0.3, 0.4) is 0 Å². The van der Waals surface area contributed by atoms with Gasteiger partial charge in [0.1, 0.15) is 5.75 Å². The largest absolute Gasteiger partial charge is 0.496 e. The van der Waals surface area contributed by atoms with Gasteiger partial charge in [0.25, 0.3) is 0 Å². The minimum Gasteiger partial charge on any atom is -0.496 e. The lowest BCUT2D eigenvalue weighted by molar-refractivity contribution is -0.136. The molecule has 0 aromatic heterocycles. The Bertz CT molecular complexity index is 399. The highest BCUT2D eigenvalue weighted by molar-refractivity contribution is 5.74. The quantitative estimate of drug-likeness (QED) is 0.807. The molecule has 5 heteroatoms. The number of ether oxygens (including phenoxy) is 3. The van der Waals surface area contributed by atoms with E-state index >= 15 is 0 Å². The summed E-state index contributed by atoms with van der Waals surface area (Å²) >= 11 is 0. The Labute approximate surface area is 86.2 Å². The number of methoxy groups -OCH3 is 1. The molecule has 0 saturated carbocycles. The highest BCUT2D eigenvalue weighted by atomic mass is 16.7. The third kappa shape index (κ3) is 1.68. The number of hydrogen-bond acceptors (Lipinski definition) is 4. The molecule has 0 unspecified atom stereocenters. The Kier molecular flexibility index (Phi) is 2.37. The molecule has 0 atom stereocenters. The van der Waals surface area contributed by atoms with Crippen molar-refractivity contribution in [1.82, 2.24) is 0 Å². The Balaban J connectivity index is 2.47. The summed E-state index contributed by atoms with van der Waals surface area (Å²) < 4.78 is 15.4. The van der Waals surface area contributed by atoms with E-state index in [2.05, 4.69) is 0 Å². The molecule has 0 spiro atoms. The molecule has 0 amide bonds. The molecule has 80 valence electrons. The maximum absolute atomic E-state index is 10.7. The predicted molar refractivity (Wildman–Crippen MR) is 50.5 cm³/mol.